The molecule has 0 amide bonds. The zero-order valence-corrected chi connectivity index (χ0v) is 11.9. The van der Waals surface area contributed by atoms with Gasteiger partial charge in [0.15, 0.2) is 0 Å². The van der Waals surface area contributed by atoms with Crippen molar-refractivity contribution in [2.45, 2.75) is 0 Å². The van der Waals surface area contributed by atoms with Crippen LogP contribution in [0.25, 0.3) is 20.5 Å². The molecule has 1 aromatic heterocycles. The van der Waals surface area contributed by atoms with E-state index in [-0.39, 0.29) is 4.70 Å². The third kappa shape index (κ3) is 2.69. The van der Waals surface area contributed by atoms with E-state index in [1.54, 1.807) is 0 Å². The molecular weight excluding hydrogens is 343 g/mol. The Morgan fingerprint density at radius 2 is 1.28 bits per heavy atom. The summed E-state index contributed by atoms with van der Waals surface area (Å²) >= 11 is -0.527. The fourth-order valence-electron chi connectivity index (χ4n) is 1.72. The summed E-state index contributed by atoms with van der Waals surface area (Å²) in [5, 5.41) is 0. The van der Waals surface area contributed by atoms with Crippen LogP contribution in [0.2, 0.25) is 0 Å². The van der Waals surface area contributed by atoms with E-state index < -0.39 is 20.9 Å². The molecule has 3 heteroatoms. The van der Waals surface area contributed by atoms with E-state index in [9.17, 15) is 0 Å². The molecule has 1 nitrogen and oxygen atoms in total. The molecule has 0 atom stereocenters. The molecule has 1 heterocycles. The zero-order chi connectivity index (χ0) is 11.5. The van der Waals surface area contributed by atoms with Crippen molar-refractivity contribution in [3.05, 3.63) is 66.7 Å². The Morgan fingerprint density at radius 1 is 0.722 bits per heavy atom. The quantitative estimate of drug-likeness (QED) is 0.493. The molecule has 0 aliphatic rings. The topological polar surface area (TPSA) is 11.3 Å². The molecule has 0 N–H and O–H groups in total. The van der Waals surface area contributed by atoms with E-state index in [1.807, 2.05) is 24.3 Å². The number of halogens is 1. The molecule has 0 radical (unpaired) electrons. The van der Waals surface area contributed by atoms with Crippen LogP contribution in [0.1, 0.15) is 0 Å². The molecule has 0 unspecified atom stereocenters. The van der Waals surface area contributed by atoms with Gasteiger partial charge >= 0.3 is 111 Å². The van der Waals surface area contributed by atoms with Gasteiger partial charge in [-0.1, -0.05) is 0 Å². The van der Waals surface area contributed by atoms with Gasteiger partial charge < -0.3 is 4.70 Å². The zero-order valence-electron chi connectivity index (χ0n) is 9.55. The van der Waals surface area contributed by atoms with Gasteiger partial charge in [0.25, 0.3) is 0 Å². The first-order valence-electron chi connectivity index (χ1n) is 5.47. The fourth-order valence-corrected chi connectivity index (χ4v) is 3.75. The molecule has 0 aliphatic heterocycles. The summed E-state index contributed by atoms with van der Waals surface area (Å²) in [5.41, 5.74) is 2.46. The van der Waals surface area contributed by atoms with Crippen LogP contribution >= 0.6 is 0 Å². The van der Waals surface area contributed by atoms with Gasteiger partial charge in [0.1, 0.15) is 0 Å². The summed E-state index contributed by atoms with van der Waals surface area (Å²) in [7, 11) is 0. The van der Waals surface area contributed by atoms with Crippen molar-refractivity contribution in [3.63, 3.8) is 0 Å². The fraction of sp³-hybridized carbons (Fsp3) is 0. The Morgan fingerprint density at radius 3 is 1.89 bits per heavy atom. The SMILES string of the molecule is [F-].c1ccc(-c2cc(-c3ccccc3)[te][o+]2)cc1. The van der Waals surface area contributed by atoms with E-state index in [2.05, 4.69) is 42.5 Å². The molecule has 0 aliphatic carbocycles. The number of rotatable bonds is 2. The molecule has 3 rings (SSSR count). The summed E-state index contributed by atoms with van der Waals surface area (Å²) < 4.78 is 7.23. The Balaban J connectivity index is 0.00000120. The summed E-state index contributed by atoms with van der Waals surface area (Å²) in [4.78, 5) is 0. The van der Waals surface area contributed by atoms with Gasteiger partial charge in [-0.15, -0.1) is 0 Å². The van der Waals surface area contributed by atoms with Crippen molar-refractivity contribution in [3.8, 4) is 20.5 Å². The van der Waals surface area contributed by atoms with Gasteiger partial charge in [0.2, 0.25) is 0 Å². The van der Waals surface area contributed by atoms with Crippen LogP contribution in [0, 0.1) is 0 Å². The maximum absolute atomic E-state index is 5.86. The average molecular weight is 354 g/mol. The van der Waals surface area contributed by atoms with Crippen LogP contribution in [-0.2, 0) is 0 Å². The second kappa shape index (κ2) is 5.95. The number of hydrogen-bond acceptors (Lipinski definition) is 0. The molecule has 90 valence electrons. The second-order valence-corrected chi connectivity index (χ2v) is 5.98. The standard InChI is InChI=1S/C15H11OTe.FH/c1-3-7-12(8-4-1)14-11-15(17-16-14)13-9-5-2-6-10-13;/h1-11H;1H/q+1;/p-1. The van der Waals surface area contributed by atoms with Crippen molar-refractivity contribution in [1.29, 1.82) is 0 Å². The van der Waals surface area contributed by atoms with Gasteiger partial charge in [-0.25, -0.2) is 0 Å². The van der Waals surface area contributed by atoms with Crippen LogP contribution in [0.4, 0.5) is 0 Å². The molecule has 0 bridgehead atoms. The van der Waals surface area contributed by atoms with Gasteiger partial charge in [0, 0.05) is 0 Å². The third-order valence-corrected chi connectivity index (χ3v) is 4.87. The second-order valence-electron chi connectivity index (χ2n) is 3.77. The predicted molar refractivity (Wildman–Crippen MR) is 70.9 cm³/mol. The van der Waals surface area contributed by atoms with Crippen molar-refractivity contribution in [1.82, 2.24) is 0 Å². The summed E-state index contributed by atoms with van der Waals surface area (Å²) in [6.45, 7) is 0. The molecule has 0 saturated carbocycles. The van der Waals surface area contributed by atoms with Crippen LogP contribution in [0.5, 0.6) is 0 Å². The van der Waals surface area contributed by atoms with Crippen molar-refractivity contribution < 1.29 is 7.46 Å². The monoisotopic (exact) mass is 356 g/mol. The van der Waals surface area contributed by atoms with Gasteiger partial charge in [-0.05, 0) is 0 Å². The average Bonchev–Trinajstić information content (AvgIpc) is 2.90. The molecule has 0 fully saturated rings. The van der Waals surface area contributed by atoms with E-state index in [4.69, 9.17) is 2.76 Å². The summed E-state index contributed by atoms with van der Waals surface area (Å²) in [6, 6.07) is 23.0. The van der Waals surface area contributed by atoms with Crippen molar-refractivity contribution in [2.75, 3.05) is 0 Å². The van der Waals surface area contributed by atoms with Crippen LogP contribution in [-0.4, -0.2) is 20.9 Å². The van der Waals surface area contributed by atoms with Crippen molar-refractivity contribution >= 4 is 20.9 Å². The molecule has 18 heavy (non-hydrogen) atoms. The van der Waals surface area contributed by atoms with Crippen LogP contribution < -0.4 is 4.70 Å². The first-order valence-corrected chi connectivity index (χ1v) is 7.59. The maximum atomic E-state index is 5.86. The Kier molecular flexibility index (Phi) is 4.30. The number of hydrogen-bond donors (Lipinski definition) is 0. The Labute approximate surface area is 115 Å². The minimum absolute atomic E-state index is 0. The third-order valence-electron chi connectivity index (χ3n) is 2.60. The Hall–Kier alpha value is -1.43. The summed E-state index contributed by atoms with van der Waals surface area (Å²) in [5.74, 6) is 1.02. The minimum atomic E-state index is -0.527. The van der Waals surface area contributed by atoms with Gasteiger partial charge in [-0.3, -0.25) is 0 Å². The predicted octanol–water partition coefficient (Wildman–Crippen LogP) is 0.956. The molecular formula is C15H11FOTe. The number of benzene rings is 2. The first kappa shape index (κ1) is 13.0. The van der Waals surface area contributed by atoms with E-state index >= 15 is 0 Å². The molecule has 2 aromatic carbocycles. The van der Waals surface area contributed by atoms with Crippen LogP contribution in [0.15, 0.2) is 69.5 Å². The van der Waals surface area contributed by atoms with E-state index in [0.29, 0.717) is 0 Å². The normalized spacial score (nSPS) is 9.78. The molecule has 3 aromatic rings. The van der Waals surface area contributed by atoms with E-state index in [1.165, 1.54) is 14.7 Å². The van der Waals surface area contributed by atoms with Crippen molar-refractivity contribution in [2.24, 2.45) is 0 Å². The van der Waals surface area contributed by atoms with Crippen LogP contribution in [0.3, 0.4) is 0 Å². The molecule has 0 saturated heterocycles. The Bertz CT molecular complexity index is 551. The van der Waals surface area contributed by atoms with E-state index in [0.717, 1.165) is 5.76 Å². The van der Waals surface area contributed by atoms with Gasteiger partial charge in [0.05, 0.1) is 0 Å². The first-order chi connectivity index (χ1) is 8.43. The molecule has 0 spiro atoms. The summed E-state index contributed by atoms with van der Waals surface area (Å²) in [6.07, 6.45) is 0. The van der Waals surface area contributed by atoms with Gasteiger partial charge in [-0.2, -0.15) is 0 Å².